The quantitative estimate of drug-likeness (QED) is 0.263. The van der Waals surface area contributed by atoms with Crippen LogP contribution in [0.2, 0.25) is 0 Å². The van der Waals surface area contributed by atoms with Crippen LogP contribution in [0.4, 0.5) is 0 Å². The second-order valence-electron chi connectivity index (χ2n) is 12.2. The lowest BCUT2D eigenvalue weighted by molar-refractivity contribution is -0.00513. The van der Waals surface area contributed by atoms with Crippen molar-refractivity contribution < 1.29 is 19.4 Å². The highest BCUT2D eigenvalue weighted by atomic mass is 16.5. The summed E-state index contributed by atoms with van der Waals surface area (Å²) < 4.78 is 11.3. The normalized spacial score (nSPS) is 25.7. The van der Waals surface area contributed by atoms with Gasteiger partial charge in [-0.15, -0.1) is 0 Å². The molecule has 0 radical (unpaired) electrons. The molecule has 0 aromatic heterocycles. The summed E-state index contributed by atoms with van der Waals surface area (Å²) in [5.74, 6) is 2.45. The fourth-order valence-electron chi connectivity index (χ4n) is 8.21. The molecule has 1 N–H and O–H groups in total. The largest absolute Gasteiger partial charge is 0.493 e. The van der Waals surface area contributed by atoms with Gasteiger partial charge >= 0.3 is 5.97 Å². The van der Waals surface area contributed by atoms with Crippen molar-refractivity contribution in [3.05, 3.63) is 65.7 Å². The molecule has 0 unspecified atom stereocenters. The van der Waals surface area contributed by atoms with Gasteiger partial charge in [-0.1, -0.05) is 42.8 Å². The maximum Gasteiger partial charge on any atom is 0.336 e. The van der Waals surface area contributed by atoms with Gasteiger partial charge in [-0.3, -0.25) is 0 Å². The molecule has 38 heavy (non-hydrogen) atoms. The first-order valence-electron chi connectivity index (χ1n) is 14.6. The fourth-order valence-corrected chi connectivity index (χ4v) is 8.21. The van der Waals surface area contributed by atoms with E-state index in [9.17, 15) is 9.90 Å². The van der Waals surface area contributed by atoms with E-state index in [1.807, 2.05) is 12.1 Å². The number of benzene rings is 3. The molecule has 4 heteroatoms. The lowest BCUT2D eigenvalue weighted by atomic mass is 9.48. The number of carboxylic acids is 1. The van der Waals surface area contributed by atoms with Gasteiger partial charge in [-0.05, 0) is 121 Å². The van der Waals surface area contributed by atoms with Crippen molar-refractivity contribution in [2.75, 3.05) is 20.3 Å². The van der Waals surface area contributed by atoms with Gasteiger partial charge in [-0.2, -0.15) is 0 Å². The van der Waals surface area contributed by atoms with Crippen LogP contribution in [0.1, 0.15) is 80.1 Å². The first-order chi connectivity index (χ1) is 18.5. The third kappa shape index (κ3) is 4.96. The Bertz CT molecular complexity index is 1270. The third-order valence-electron chi connectivity index (χ3n) is 9.54. The molecule has 0 amide bonds. The van der Waals surface area contributed by atoms with E-state index in [-0.39, 0.29) is 0 Å². The Labute approximate surface area is 226 Å². The summed E-state index contributed by atoms with van der Waals surface area (Å²) in [7, 11) is 1.73. The molecule has 0 atom stereocenters. The lowest BCUT2D eigenvalue weighted by Gasteiger charge is -2.57. The Morgan fingerprint density at radius 2 is 1.53 bits per heavy atom. The minimum absolute atomic E-state index is 0.291. The van der Waals surface area contributed by atoms with Gasteiger partial charge in [0, 0.05) is 19.3 Å². The number of hydrogen-bond donors (Lipinski definition) is 1. The number of ether oxygens (including phenoxy) is 2. The van der Waals surface area contributed by atoms with E-state index in [1.54, 1.807) is 19.2 Å². The summed E-state index contributed by atoms with van der Waals surface area (Å²) in [6.07, 6.45) is 12.5. The first-order valence-corrected chi connectivity index (χ1v) is 14.6. The van der Waals surface area contributed by atoms with Gasteiger partial charge in [0.1, 0.15) is 5.75 Å². The number of rotatable bonds is 11. The van der Waals surface area contributed by atoms with Crippen LogP contribution in [-0.2, 0) is 10.2 Å². The third-order valence-corrected chi connectivity index (χ3v) is 9.54. The van der Waals surface area contributed by atoms with E-state index in [4.69, 9.17) is 9.47 Å². The highest BCUT2D eigenvalue weighted by molar-refractivity contribution is 5.99. The van der Waals surface area contributed by atoms with Crippen molar-refractivity contribution >= 4 is 16.7 Å². The Hall–Kier alpha value is -2.85. The molecule has 3 aromatic carbocycles. The van der Waals surface area contributed by atoms with Crippen molar-refractivity contribution in [2.24, 2.45) is 17.8 Å². The minimum Gasteiger partial charge on any atom is -0.493 e. The number of methoxy groups -OCH3 is 1. The molecule has 0 spiro atoms. The summed E-state index contributed by atoms with van der Waals surface area (Å²) in [5.41, 5.74) is 3.72. The van der Waals surface area contributed by atoms with Crippen LogP contribution in [0.5, 0.6) is 5.75 Å². The molecule has 4 aliphatic carbocycles. The zero-order valence-electron chi connectivity index (χ0n) is 22.6. The molecule has 4 nitrogen and oxygen atoms in total. The van der Waals surface area contributed by atoms with Crippen molar-refractivity contribution in [1.82, 2.24) is 0 Å². The van der Waals surface area contributed by atoms with Crippen LogP contribution >= 0.6 is 0 Å². The molecule has 4 aliphatic rings. The molecular weight excluding hydrogens is 472 g/mol. The van der Waals surface area contributed by atoms with Gasteiger partial charge < -0.3 is 14.6 Å². The molecule has 200 valence electrons. The number of aromatic carboxylic acids is 1. The molecule has 0 saturated heterocycles. The molecule has 3 aromatic rings. The molecule has 4 fully saturated rings. The Morgan fingerprint density at radius 1 is 0.842 bits per heavy atom. The van der Waals surface area contributed by atoms with E-state index >= 15 is 0 Å². The molecule has 0 heterocycles. The van der Waals surface area contributed by atoms with Gasteiger partial charge in [0.05, 0.1) is 12.2 Å². The second kappa shape index (κ2) is 10.7. The number of fused-ring (bicyclic) bond motifs is 1. The highest BCUT2D eigenvalue weighted by Gasteiger charge is 2.51. The maximum atomic E-state index is 12.2. The average Bonchev–Trinajstić information content (AvgIpc) is 2.91. The minimum atomic E-state index is -0.924. The predicted molar refractivity (Wildman–Crippen MR) is 152 cm³/mol. The first kappa shape index (κ1) is 25.4. The number of unbranched alkanes of at least 4 members (excludes halogenated alkanes) is 3. The smallest absolute Gasteiger partial charge is 0.336 e. The van der Waals surface area contributed by atoms with E-state index in [0.717, 1.165) is 55.6 Å². The Morgan fingerprint density at radius 3 is 2.21 bits per heavy atom. The van der Waals surface area contributed by atoms with Crippen LogP contribution < -0.4 is 4.74 Å². The van der Waals surface area contributed by atoms with Crippen molar-refractivity contribution in [3.63, 3.8) is 0 Å². The summed E-state index contributed by atoms with van der Waals surface area (Å²) in [5, 5.41) is 12.4. The Balaban J connectivity index is 1.29. The van der Waals surface area contributed by atoms with Crippen molar-refractivity contribution in [3.8, 4) is 16.9 Å². The highest BCUT2D eigenvalue weighted by Crippen LogP contribution is 2.60. The van der Waals surface area contributed by atoms with Gasteiger partial charge in [-0.25, -0.2) is 4.79 Å². The maximum absolute atomic E-state index is 12.2. The lowest BCUT2D eigenvalue weighted by Crippen LogP contribution is -2.48. The topological polar surface area (TPSA) is 55.8 Å². The summed E-state index contributed by atoms with van der Waals surface area (Å²) in [6.45, 7) is 1.37. The zero-order chi connectivity index (χ0) is 26.1. The predicted octanol–water partition coefficient (Wildman–Crippen LogP) is 8.26. The van der Waals surface area contributed by atoms with Crippen LogP contribution in [-0.4, -0.2) is 31.4 Å². The average molecular weight is 513 g/mol. The molecule has 4 bridgehead atoms. The van der Waals surface area contributed by atoms with Crippen molar-refractivity contribution in [2.45, 2.75) is 69.6 Å². The van der Waals surface area contributed by atoms with E-state index in [0.29, 0.717) is 28.9 Å². The standard InChI is InChI=1S/C34H40O4/c1-37-13-4-2-3-5-14-38-31-8-6-7-30(33(35)36)32(31)27-10-9-26-11-12-29(19-28(26)18-27)34-20-23-15-24(21-34)17-25(16-23)22-34/h6-12,18-19,23-25H,2-5,13-17,20-22H2,1H3,(H,35,36). The monoisotopic (exact) mass is 512 g/mol. The number of carbonyl (C=O) groups is 1. The van der Waals surface area contributed by atoms with Crippen LogP contribution in [0.25, 0.3) is 21.9 Å². The van der Waals surface area contributed by atoms with Crippen molar-refractivity contribution in [1.29, 1.82) is 0 Å². The molecule has 7 rings (SSSR count). The summed E-state index contributed by atoms with van der Waals surface area (Å²) in [6, 6.07) is 18.8. The van der Waals surface area contributed by atoms with Crippen LogP contribution in [0.3, 0.4) is 0 Å². The molecular formula is C34H40O4. The van der Waals surface area contributed by atoms with E-state index in [1.165, 1.54) is 54.9 Å². The zero-order valence-corrected chi connectivity index (χ0v) is 22.6. The SMILES string of the molecule is COCCCCCCOc1cccc(C(=O)O)c1-c1ccc2ccc(C34CC5CC(CC(C5)C3)C4)cc2c1. The molecule has 4 saturated carbocycles. The van der Waals surface area contributed by atoms with Gasteiger partial charge in [0.15, 0.2) is 0 Å². The van der Waals surface area contributed by atoms with Crippen LogP contribution in [0, 0.1) is 17.8 Å². The fraction of sp³-hybridized carbons (Fsp3) is 0.500. The van der Waals surface area contributed by atoms with Gasteiger partial charge in [0.25, 0.3) is 0 Å². The molecule has 0 aliphatic heterocycles. The van der Waals surface area contributed by atoms with E-state index in [2.05, 4.69) is 30.3 Å². The van der Waals surface area contributed by atoms with E-state index < -0.39 is 5.97 Å². The second-order valence-corrected chi connectivity index (χ2v) is 12.2. The Kier molecular flexibility index (Phi) is 7.18. The number of hydrogen-bond acceptors (Lipinski definition) is 3. The van der Waals surface area contributed by atoms with Gasteiger partial charge in [0.2, 0.25) is 0 Å². The number of carboxylic acid groups (broad SMARTS) is 1. The summed E-state index contributed by atoms with van der Waals surface area (Å²) in [4.78, 5) is 12.2. The summed E-state index contributed by atoms with van der Waals surface area (Å²) >= 11 is 0. The van der Waals surface area contributed by atoms with Crippen LogP contribution in [0.15, 0.2) is 54.6 Å².